The number of nitrogens with zero attached hydrogens (tertiary/aromatic N) is 2. The van der Waals surface area contributed by atoms with Gasteiger partial charge in [0.2, 0.25) is 5.88 Å². The van der Waals surface area contributed by atoms with Crippen molar-refractivity contribution in [2.45, 2.75) is 31.8 Å². The molecule has 3 rings (SSSR count). The highest BCUT2D eigenvalue weighted by atomic mass is 16.5. The molecule has 0 atom stereocenters. The van der Waals surface area contributed by atoms with E-state index in [9.17, 15) is 0 Å². The van der Waals surface area contributed by atoms with Crippen LogP contribution in [0.1, 0.15) is 24.0 Å². The van der Waals surface area contributed by atoms with Crippen LogP contribution < -0.4 is 10.1 Å². The molecule has 1 N–H and O–H groups in total. The molecule has 24 heavy (non-hydrogen) atoms. The molecule has 4 heteroatoms. The van der Waals surface area contributed by atoms with E-state index in [1.165, 1.54) is 31.5 Å². The van der Waals surface area contributed by atoms with E-state index in [1.807, 2.05) is 6.07 Å². The number of ether oxygens (including phenoxy) is 1. The molecule has 1 fully saturated rings. The average Bonchev–Trinajstić information content (AvgIpc) is 2.66. The number of piperidine rings is 1. The van der Waals surface area contributed by atoms with Crippen molar-refractivity contribution in [3.63, 3.8) is 0 Å². The van der Waals surface area contributed by atoms with E-state index in [4.69, 9.17) is 4.74 Å². The van der Waals surface area contributed by atoms with Gasteiger partial charge in [-0.25, -0.2) is 4.98 Å². The lowest BCUT2D eigenvalue weighted by atomic mass is 10.0. The van der Waals surface area contributed by atoms with Crippen LogP contribution >= 0.6 is 0 Å². The predicted octanol–water partition coefficient (Wildman–Crippen LogP) is 2.89. The van der Waals surface area contributed by atoms with Crippen LogP contribution in [0.4, 0.5) is 0 Å². The number of aromatic nitrogens is 1. The average molecular weight is 325 g/mol. The quantitative estimate of drug-likeness (QED) is 0.849. The van der Waals surface area contributed by atoms with Gasteiger partial charge >= 0.3 is 0 Å². The van der Waals surface area contributed by atoms with Crippen LogP contribution in [0.2, 0.25) is 0 Å². The Bertz CT molecular complexity index is 609. The van der Waals surface area contributed by atoms with Gasteiger partial charge in [0.25, 0.3) is 0 Å². The summed E-state index contributed by atoms with van der Waals surface area (Å²) in [5.41, 5.74) is 2.56. The maximum absolute atomic E-state index is 5.32. The number of benzene rings is 1. The van der Waals surface area contributed by atoms with Gasteiger partial charge in [-0.2, -0.15) is 0 Å². The number of rotatable bonds is 7. The second-order valence-electron chi connectivity index (χ2n) is 6.40. The Balaban J connectivity index is 1.39. The summed E-state index contributed by atoms with van der Waals surface area (Å²) in [6.45, 7) is 4.34. The van der Waals surface area contributed by atoms with E-state index >= 15 is 0 Å². The Morgan fingerprint density at radius 3 is 2.67 bits per heavy atom. The van der Waals surface area contributed by atoms with Crippen molar-refractivity contribution in [1.29, 1.82) is 0 Å². The molecular formula is C20H27N3O. The number of methoxy groups -OCH3 is 1. The number of likely N-dealkylation sites (tertiary alicyclic amines) is 1. The van der Waals surface area contributed by atoms with Gasteiger partial charge in [-0.3, -0.25) is 0 Å². The topological polar surface area (TPSA) is 37.4 Å². The van der Waals surface area contributed by atoms with E-state index in [0.29, 0.717) is 6.04 Å². The molecule has 1 saturated heterocycles. The van der Waals surface area contributed by atoms with Gasteiger partial charge in [-0.15, -0.1) is 0 Å². The molecule has 1 aliphatic rings. The fraction of sp³-hybridized carbons (Fsp3) is 0.450. The third kappa shape index (κ3) is 4.79. The zero-order valence-corrected chi connectivity index (χ0v) is 14.4. The molecule has 2 heterocycles. The van der Waals surface area contributed by atoms with Gasteiger partial charge in [-0.05, 0) is 44.0 Å². The van der Waals surface area contributed by atoms with Crippen LogP contribution in [-0.4, -0.2) is 42.7 Å². The monoisotopic (exact) mass is 325 g/mol. The van der Waals surface area contributed by atoms with Crippen molar-refractivity contribution in [1.82, 2.24) is 15.2 Å². The number of nitrogens with one attached hydrogen (secondary N) is 1. The first-order valence-corrected chi connectivity index (χ1v) is 8.82. The van der Waals surface area contributed by atoms with Crippen molar-refractivity contribution in [2.24, 2.45) is 0 Å². The Kier molecular flexibility index (Phi) is 6.21. The molecular weight excluding hydrogens is 298 g/mol. The van der Waals surface area contributed by atoms with Crippen LogP contribution in [-0.2, 0) is 13.0 Å². The maximum Gasteiger partial charge on any atom is 0.217 e. The lowest BCUT2D eigenvalue weighted by molar-refractivity contribution is 0.199. The van der Waals surface area contributed by atoms with Crippen molar-refractivity contribution < 1.29 is 4.74 Å². The summed E-state index contributed by atoms with van der Waals surface area (Å²) in [7, 11) is 1.68. The Hall–Kier alpha value is -1.91. The lowest BCUT2D eigenvalue weighted by Crippen LogP contribution is -2.42. The normalized spacial score (nSPS) is 16.2. The van der Waals surface area contributed by atoms with E-state index < -0.39 is 0 Å². The van der Waals surface area contributed by atoms with E-state index in [2.05, 4.69) is 51.6 Å². The Morgan fingerprint density at radius 2 is 1.92 bits per heavy atom. The molecule has 0 aliphatic carbocycles. The molecule has 1 aromatic heterocycles. The smallest absolute Gasteiger partial charge is 0.217 e. The van der Waals surface area contributed by atoms with Crippen molar-refractivity contribution in [2.75, 3.05) is 26.7 Å². The molecule has 0 spiro atoms. The van der Waals surface area contributed by atoms with E-state index in [1.54, 1.807) is 13.3 Å². The SMILES string of the molecule is COc1ncccc1CNC1CCN(CCc2ccccc2)CC1. The minimum Gasteiger partial charge on any atom is -0.481 e. The highest BCUT2D eigenvalue weighted by Crippen LogP contribution is 2.16. The standard InChI is InChI=1S/C20H27N3O/c1-24-20-18(8-5-12-21-20)16-22-19-10-14-23(15-11-19)13-9-17-6-3-2-4-7-17/h2-8,12,19,22H,9-11,13-16H2,1H3. The number of pyridine rings is 1. The van der Waals surface area contributed by atoms with Gasteiger partial charge in [-0.1, -0.05) is 36.4 Å². The van der Waals surface area contributed by atoms with Gasteiger partial charge in [0.1, 0.15) is 0 Å². The van der Waals surface area contributed by atoms with E-state index in [-0.39, 0.29) is 0 Å². The molecule has 1 aromatic carbocycles. The largest absolute Gasteiger partial charge is 0.481 e. The molecule has 1 aliphatic heterocycles. The van der Waals surface area contributed by atoms with Crippen LogP contribution in [0.5, 0.6) is 5.88 Å². The Labute approximate surface area is 144 Å². The first-order chi connectivity index (χ1) is 11.8. The summed E-state index contributed by atoms with van der Waals surface area (Å²) in [6.07, 6.45) is 5.33. The van der Waals surface area contributed by atoms with Crippen molar-refractivity contribution >= 4 is 0 Å². The molecule has 0 saturated carbocycles. The third-order valence-electron chi connectivity index (χ3n) is 4.77. The van der Waals surface area contributed by atoms with Crippen LogP contribution in [0, 0.1) is 0 Å². The fourth-order valence-electron chi connectivity index (χ4n) is 3.29. The minimum absolute atomic E-state index is 0.586. The molecule has 2 aromatic rings. The van der Waals surface area contributed by atoms with Crippen LogP contribution in [0.3, 0.4) is 0 Å². The molecule has 0 bridgehead atoms. The summed E-state index contributed by atoms with van der Waals surface area (Å²) >= 11 is 0. The van der Waals surface area contributed by atoms with Crippen LogP contribution in [0.15, 0.2) is 48.7 Å². The predicted molar refractivity (Wildman–Crippen MR) is 97.2 cm³/mol. The van der Waals surface area contributed by atoms with Gasteiger partial charge in [0.05, 0.1) is 7.11 Å². The molecule has 0 radical (unpaired) electrons. The molecule has 4 nitrogen and oxygen atoms in total. The van der Waals surface area contributed by atoms with E-state index in [0.717, 1.165) is 31.0 Å². The molecule has 0 unspecified atom stereocenters. The summed E-state index contributed by atoms with van der Waals surface area (Å²) in [6, 6.07) is 15.4. The highest BCUT2D eigenvalue weighted by molar-refractivity contribution is 5.25. The first kappa shape index (κ1) is 16.9. The third-order valence-corrected chi connectivity index (χ3v) is 4.77. The number of hydrogen-bond acceptors (Lipinski definition) is 4. The molecule has 0 amide bonds. The highest BCUT2D eigenvalue weighted by Gasteiger charge is 2.18. The number of hydrogen-bond donors (Lipinski definition) is 1. The minimum atomic E-state index is 0.586. The second-order valence-corrected chi connectivity index (χ2v) is 6.40. The summed E-state index contributed by atoms with van der Waals surface area (Å²) in [5.74, 6) is 0.727. The molecule has 128 valence electrons. The summed E-state index contributed by atoms with van der Waals surface area (Å²) in [4.78, 5) is 6.83. The fourth-order valence-corrected chi connectivity index (χ4v) is 3.29. The van der Waals surface area contributed by atoms with Gasteiger partial charge in [0.15, 0.2) is 0 Å². The Morgan fingerprint density at radius 1 is 1.12 bits per heavy atom. The maximum atomic E-state index is 5.32. The first-order valence-electron chi connectivity index (χ1n) is 8.82. The summed E-state index contributed by atoms with van der Waals surface area (Å²) in [5, 5.41) is 3.66. The van der Waals surface area contributed by atoms with Crippen LogP contribution in [0.25, 0.3) is 0 Å². The van der Waals surface area contributed by atoms with Gasteiger partial charge < -0.3 is 15.0 Å². The zero-order valence-electron chi connectivity index (χ0n) is 14.4. The second kappa shape index (κ2) is 8.81. The summed E-state index contributed by atoms with van der Waals surface area (Å²) < 4.78 is 5.32. The van der Waals surface area contributed by atoms with Crippen molar-refractivity contribution in [3.8, 4) is 5.88 Å². The zero-order chi connectivity index (χ0) is 16.6. The van der Waals surface area contributed by atoms with Gasteiger partial charge in [0, 0.05) is 30.9 Å². The lowest BCUT2D eigenvalue weighted by Gasteiger charge is -2.32. The van der Waals surface area contributed by atoms with Crippen molar-refractivity contribution in [3.05, 3.63) is 59.8 Å².